The average Bonchev–Trinajstić information content (AvgIpc) is 3.39. The predicted octanol–water partition coefficient (Wildman–Crippen LogP) is 2.68. The van der Waals surface area contributed by atoms with E-state index < -0.39 is 10.8 Å². The second-order valence-corrected chi connectivity index (χ2v) is 6.67. The van der Waals surface area contributed by atoms with Crippen molar-refractivity contribution in [3.05, 3.63) is 95.5 Å². The highest BCUT2D eigenvalue weighted by Crippen LogP contribution is 2.34. The van der Waals surface area contributed by atoms with Crippen molar-refractivity contribution >= 4 is 5.69 Å². The summed E-state index contributed by atoms with van der Waals surface area (Å²) in [5.74, 6) is 0.140. The first-order valence-electron chi connectivity index (χ1n) is 8.75. The van der Waals surface area contributed by atoms with Gasteiger partial charge < -0.3 is 14.6 Å². The molecule has 0 atom stereocenters. The Morgan fingerprint density at radius 2 is 1.41 bits per heavy atom. The quantitative estimate of drug-likeness (QED) is 0.302. The van der Waals surface area contributed by atoms with Crippen LogP contribution in [-0.2, 0) is 0 Å². The third-order valence-electron chi connectivity index (χ3n) is 4.88. The topological polar surface area (TPSA) is 154 Å². The fourth-order valence-corrected chi connectivity index (χ4v) is 3.45. The molecule has 4 rings (SSSR count). The maximum Gasteiger partial charge on any atom is 0.269 e. The molecule has 0 bridgehead atoms. The van der Waals surface area contributed by atoms with Crippen molar-refractivity contribution in [2.75, 3.05) is 0 Å². The molecule has 0 saturated heterocycles. The monoisotopic (exact) mass is 395 g/mol. The van der Waals surface area contributed by atoms with Gasteiger partial charge in [-0.1, -0.05) is 0 Å². The summed E-state index contributed by atoms with van der Waals surface area (Å²) in [5.41, 5.74) is 1.86. The van der Waals surface area contributed by atoms with Crippen LogP contribution in [0.25, 0.3) is 11.3 Å². The van der Waals surface area contributed by atoms with E-state index in [0.29, 0.717) is 39.6 Å². The van der Waals surface area contributed by atoms with E-state index in [1.807, 2.05) is 0 Å². The molecule has 0 amide bonds. The summed E-state index contributed by atoms with van der Waals surface area (Å²) in [6.45, 7) is 3.47. The summed E-state index contributed by atoms with van der Waals surface area (Å²) in [6, 6.07) is 9.33. The number of rotatable bonds is 5. The van der Waals surface area contributed by atoms with E-state index in [1.165, 1.54) is 12.1 Å². The third-order valence-corrected chi connectivity index (χ3v) is 4.88. The van der Waals surface area contributed by atoms with Crippen LogP contribution in [0.1, 0.15) is 34.2 Å². The molecular weight excluding hydrogens is 378 g/mol. The number of aromatic amines is 4. The Labute approximate surface area is 162 Å². The molecule has 3 heterocycles. The number of aromatic nitrogens is 4. The predicted molar refractivity (Wildman–Crippen MR) is 104 cm³/mol. The maximum absolute atomic E-state index is 12.4. The van der Waals surface area contributed by atoms with Crippen LogP contribution in [0.5, 0.6) is 0 Å². The molecule has 0 radical (unpaired) electrons. The van der Waals surface area contributed by atoms with Crippen LogP contribution in [0.2, 0.25) is 0 Å². The number of furan rings is 1. The smallest absolute Gasteiger partial charge is 0.269 e. The van der Waals surface area contributed by atoms with Gasteiger partial charge in [0.2, 0.25) is 0 Å². The number of hydrogen-bond acceptors (Lipinski definition) is 5. The van der Waals surface area contributed by atoms with Crippen molar-refractivity contribution in [3.63, 3.8) is 0 Å². The lowest BCUT2D eigenvalue weighted by atomic mass is 9.89. The summed E-state index contributed by atoms with van der Waals surface area (Å²) in [7, 11) is 0. The summed E-state index contributed by atoms with van der Waals surface area (Å²) < 4.78 is 6.00. The van der Waals surface area contributed by atoms with E-state index in [2.05, 4.69) is 20.4 Å². The molecule has 0 fully saturated rings. The van der Waals surface area contributed by atoms with Crippen LogP contribution in [0.3, 0.4) is 0 Å². The van der Waals surface area contributed by atoms with Gasteiger partial charge in [0.25, 0.3) is 16.8 Å². The Balaban J connectivity index is 1.84. The Bertz CT molecular complexity index is 1250. The van der Waals surface area contributed by atoms with Gasteiger partial charge in [-0.2, -0.15) is 0 Å². The van der Waals surface area contributed by atoms with Crippen molar-refractivity contribution in [2.24, 2.45) is 0 Å². The lowest BCUT2D eigenvalue weighted by Crippen LogP contribution is -2.19. The molecule has 29 heavy (non-hydrogen) atoms. The number of H-pyrrole nitrogens is 4. The minimum absolute atomic E-state index is 0.0256. The average molecular weight is 395 g/mol. The summed E-state index contributed by atoms with van der Waals surface area (Å²) in [6.07, 6.45) is 0. The summed E-state index contributed by atoms with van der Waals surface area (Å²) >= 11 is 0. The number of hydrogen-bond donors (Lipinski definition) is 4. The van der Waals surface area contributed by atoms with Crippen LogP contribution < -0.4 is 11.1 Å². The van der Waals surface area contributed by atoms with E-state index in [4.69, 9.17) is 4.42 Å². The zero-order chi connectivity index (χ0) is 20.7. The number of nitro benzene ring substituents is 1. The molecule has 10 nitrogen and oxygen atoms in total. The van der Waals surface area contributed by atoms with Crippen LogP contribution in [0.15, 0.2) is 50.4 Å². The van der Waals surface area contributed by atoms with E-state index in [1.54, 1.807) is 38.1 Å². The van der Waals surface area contributed by atoms with Crippen LogP contribution >= 0.6 is 0 Å². The first-order valence-corrected chi connectivity index (χ1v) is 8.75. The number of nitro groups is 1. The Morgan fingerprint density at radius 1 is 0.862 bits per heavy atom. The molecule has 148 valence electrons. The molecule has 0 unspecified atom stereocenters. The van der Waals surface area contributed by atoms with Crippen LogP contribution in [-0.4, -0.2) is 25.3 Å². The first-order chi connectivity index (χ1) is 13.9. The van der Waals surface area contributed by atoms with Crippen molar-refractivity contribution in [3.8, 4) is 11.3 Å². The molecule has 0 spiro atoms. The fourth-order valence-electron chi connectivity index (χ4n) is 3.45. The molecular formula is C19H17N5O5. The second kappa shape index (κ2) is 6.82. The second-order valence-electron chi connectivity index (χ2n) is 6.67. The Hall–Kier alpha value is -4.08. The number of non-ortho nitro benzene ring substituents is 1. The molecule has 4 N–H and O–H groups in total. The van der Waals surface area contributed by atoms with E-state index in [9.17, 15) is 19.7 Å². The Morgan fingerprint density at radius 3 is 1.86 bits per heavy atom. The van der Waals surface area contributed by atoms with Gasteiger partial charge in [-0.05, 0) is 38.1 Å². The largest absolute Gasteiger partial charge is 0.460 e. The van der Waals surface area contributed by atoms with Gasteiger partial charge in [-0.3, -0.25) is 29.9 Å². The van der Waals surface area contributed by atoms with Crippen molar-refractivity contribution < 1.29 is 9.34 Å². The number of nitrogens with one attached hydrogen (secondary N) is 4. The lowest BCUT2D eigenvalue weighted by Gasteiger charge is -2.12. The van der Waals surface area contributed by atoms with E-state index in [0.717, 1.165) is 0 Å². The summed E-state index contributed by atoms with van der Waals surface area (Å²) in [5, 5.41) is 21.5. The first kappa shape index (κ1) is 18.3. The van der Waals surface area contributed by atoms with Gasteiger partial charge in [0, 0.05) is 29.1 Å². The fraction of sp³-hybridized carbons (Fsp3) is 0.158. The van der Waals surface area contributed by atoms with Crippen LogP contribution in [0.4, 0.5) is 5.69 Å². The highest BCUT2D eigenvalue weighted by atomic mass is 16.6. The number of benzene rings is 1. The highest BCUT2D eigenvalue weighted by Gasteiger charge is 2.30. The normalized spacial score (nSPS) is 11.3. The van der Waals surface area contributed by atoms with Gasteiger partial charge in [-0.25, -0.2) is 0 Å². The highest BCUT2D eigenvalue weighted by molar-refractivity contribution is 5.60. The number of aryl methyl sites for hydroxylation is 2. The molecule has 4 aromatic rings. The van der Waals surface area contributed by atoms with Crippen molar-refractivity contribution in [1.29, 1.82) is 0 Å². The molecule has 3 aromatic heterocycles. The molecule has 10 heteroatoms. The molecule has 0 aliphatic rings. The lowest BCUT2D eigenvalue weighted by molar-refractivity contribution is -0.384. The van der Waals surface area contributed by atoms with Gasteiger partial charge in [-0.15, -0.1) is 0 Å². The van der Waals surface area contributed by atoms with Gasteiger partial charge in [0.1, 0.15) is 11.5 Å². The maximum atomic E-state index is 12.4. The summed E-state index contributed by atoms with van der Waals surface area (Å²) in [4.78, 5) is 35.2. The van der Waals surface area contributed by atoms with E-state index >= 15 is 0 Å². The standard InChI is InChI=1S/C19H17N5O5/c1-9-15(18(25)22-20-9)17(16-10(2)21-23-19(16)26)14-8-7-13(29-14)11-3-5-12(6-4-11)24(27)28/h3-8,17H,1-2H3,(H2,20,22,25)(H2,21,23,26). The zero-order valence-corrected chi connectivity index (χ0v) is 15.5. The van der Waals surface area contributed by atoms with Crippen LogP contribution in [0, 0.1) is 24.0 Å². The molecule has 0 saturated carbocycles. The van der Waals surface area contributed by atoms with E-state index in [-0.39, 0.29) is 16.8 Å². The number of nitrogens with zero attached hydrogens (tertiary/aromatic N) is 1. The SMILES string of the molecule is Cc1[nH][nH]c(=O)c1C(c1ccc(-c2ccc([N+](=O)[O-])cc2)o1)c1c(C)[nH][nH]c1=O. The van der Waals surface area contributed by atoms with Gasteiger partial charge >= 0.3 is 0 Å². The molecule has 0 aliphatic carbocycles. The zero-order valence-electron chi connectivity index (χ0n) is 15.5. The Kier molecular flexibility index (Phi) is 4.30. The van der Waals surface area contributed by atoms with Gasteiger partial charge in [0.15, 0.2) is 0 Å². The van der Waals surface area contributed by atoms with Crippen molar-refractivity contribution in [2.45, 2.75) is 19.8 Å². The molecule has 0 aliphatic heterocycles. The molecule has 1 aromatic carbocycles. The van der Waals surface area contributed by atoms with Crippen molar-refractivity contribution in [1.82, 2.24) is 20.4 Å². The minimum Gasteiger partial charge on any atom is -0.460 e. The third kappa shape index (κ3) is 3.10. The van der Waals surface area contributed by atoms with Gasteiger partial charge in [0.05, 0.1) is 22.0 Å². The minimum atomic E-state index is -0.730.